The van der Waals surface area contributed by atoms with Crippen molar-refractivity contribution in [1.82, 2.24) is 10.2 Å². The van der Waals surface area contributed by atoms with Crippen LogP contribution in [0.25, 0.3) is 11.0 Å². The number of carbonyl (C=O) groups is 2. The van der Waals surface area contributed by atoms with Crippen LogP contribution >= 0.6 is 11.6 Å². The number of amides is 2. The number of hydrogen-bond acceptors (Lipinski definition) is 3. The molecule has 1 atom stereocenters. The number of nitrogens with one attached hydrogen (secondary N) is 1. The van der Waals surface area contributed by atoms with Gasteiger partial charge in [0.25, 0.3) is 0 Å². The summed E-state index contributed by atoms with van der Waals surface area (Å²) in [5, 5.41) is 4.53. The smallest absolute Gasteiger partial charge is 0.246 e. The number of para-hydroxylation sites is 1. The molecule has 2 heterocycles. The summed E-state index contributed by atoms with van der Waals surface area (Å²) >= 11 is 5.89. The molecule has 0 saturated carbocycles. The Morgan fingerprint density at radius 1 is 1.18 bits per heavy atom. The molecule has 0 bridgehead atoms. The van der Waals surface area contributed by atoms with Crippen LogP contribution in [0.1, 0.15) is 24.5 Å². The second-order valence-electron chi connectivity index (χ2n) is 7.31. The van der Waals surface area contributed by atoms with Crippen molar-refractivity contribution in [2.45, 2.75) is 31.8 Å². The molecule has 28 heavy (non-hydrogen) atoms. The predicted octanol–water partition coefficient (Wildman–Crippen LogP) is 3.94. The zero-order valence-corrected chi connectivity index (χ0v) is 16.3. The lowest BCUT2D eigenvalue weighted by atomic mass is 9.84. The highest BCUT2D eigenvalue weighted by Gasteiger charge is 2.49. The second-order valence-corrected chi connectivity index (χ2v) is 7.75. The van der Waals surface area contributed by atoms with E-state index < -0.39 is 5.54 Å². The molecule has 1 saturated heterocycles. The summed E-state index contributed by atoms with van der Waals surface area (Å²) in [4.78, 5) is 27.3. The molecule has 0 radical (unpaired) electrons. The third kappa shape index (κ3) is 3.38. The number of benzene rings is 2. The topological polar surface area (TPSA) is 62.6 Å². The van der Waals surface area contributed by atoms with Crippen molar-refractivity contribution >= 4 is 34.4 Å². The van der Waals surface area contributed by atoms with Crippen LogP contribution in [0.15, 0.2) is 59.2 Å². The fourth-order valence-corrected chi connectivity index (χ4v) is 3.72. The SMILES string of the molecule is CC1(C(=O)NCc2ccc(Cl)cc2)CCN1C(=O)Cc1coc2ccccc12. The molecule has 1 N–H and O–H groups in total. The van der Waals surface area contributed by atoms with Gasteiger partial charge in [0.15, 0.2) is 0 Å². The first-order valence-electron chi connectivity index (χ1n) is 9.26. The summed E-state index contributed by atoms with van der Waals surface area (Å²) in [6, 6.07) is 15.0. The average molecular weight is 397 g/mol. The van der Waals surface area contributed by atoms with Crippen LogP contribution in [-0.4, -0.2) is 28.8 Å². The van der Waals surface area contributed by atoms with Crippen LogP contribution in [0.5, 0.6) is 0 Å². The summed E-state index contributed by atoms with van der Waals surface area (Å²) in [5.41, 5.74) is 1.75. The Hall–Kier alpha value is -2.79. The predicted molar refractivity (Wildman–Crippen MR) is 108 cm³/mol. The normalized spacial score (nSPS) is 18.7. The summed E-state index contributed by atoms with van der Waals surface area (Å²) < 4.78 is 5.52. The van der Waals surface area contributed by atoms with E-state index in [2.05, 4.69) is 5.32 Å². The van der Waals surface area contributed by atoms with Crippen molar-refractivity contribution in [1.29, 1.82) is 0 Å². The maximum atomic E-state index is 12.9. The lowest BCUT2D eigenvalue weighted by Crippen LogP contribution is -2.67. The molecule has 1 aromatic heterocycles. The van der Waals surface area contributed by atoms with E-state index in [4.69, 9.17) is 16.0 Å². The lowest BCUT2D eigenvalue weighted by Gasteiger charge is -2.49. The monoisotopic (exact) mass is 396 g/mol. The van der Waals surface area contributed by atoms with E-state index in [1.165, 1.54) is 0 Å². The van der Waals surface area contributed by atoms with Crippen molar-refractivity contribution in [3.05, 3.63) is 70.9 Å². The van der Waals surface area contributed by atoms with Gasteiger partial charge in [0, 0.05) is 29.1 Å². The van der Waals surface area contributed by atoms with E-state index in [9.17, 15) is 9.59 Å². The van der Waals surface area contributed by atoms with Crippen molar-refractivity contribution in [2.75, 3.05) is 6.54 Å². The molecule has 1 fully saturated rings. The molecule has 144 valence electrons. The molecule has 2 aromatic carbocycles. The number of rotatable bonds is 5. The van der Waals surface area contributed by atoms with Crippen LogP contribution in [0, 0.1) is 0 Å². The van der Waals surface area contributed by atoms with Crippen LogP contribution in [0.3, 0.4) is 0 Å². The van der Waals surface area contributed by atoms with Crippen LogP contribution in [0.2, 0.25) is 5.02 Å². The first-order chi connectivity index (χ1) is 13.5. The quantitative estimate of drug-likeness (QED) is 0.710. The van der Waals surface area contributed by atoms with Crippen molar-refractivity contribution in [3.63, 3.8) is 0 Å². The molecular weight excluding hydrogens is 376 g/mol. The zero-order chi connectivity index (χ0) is 19.7. The maximum absolute atomic E-state index is 12.9. The minimum absolute atomic E-state index is 0.0676. The number of nitrogens with zero attached hydrogens (tertiary/aromatic N) is 1. The summed E-state index contributed by atoms with van der Waals surface area (Å²) in [5.74, 6) is -0.207. The first kappa shape index (κ1) is 18.6. The van der Waals surface area contributed by atoms with Crippen LogP contribution < -0.4 is 5.32 Å². The van der Waals surface area contributed by atoms with E-state index in [-0.39, 0.29) is 18.2 Å². The van der Waals surface area contributed by atoms with E-state index >= 15 is 0 Å². The Morgan fingerprint density at radius 3 is 2.64 bits per heavy atom. The molecule has 1 aliphatic rings. The van der Waals surface area contributed by atoms with Crippen LogP contribution in [-0.2, 0) is 22.6 Å². The highest BCUT2D eigenvalue weighted by Crippen LogP contribution is 2.32. The fourth-order valence-electron chi connectivity index (χ4n) is 3.60. The zero-order valence-electron chi connectivity index (χ0n) is 15.6. The minimum atomic E-state index is -0.816. The summed E-state index contributed by atoms with van der Waals surface area (Å²) in [6.07, 6.45) is 2.49. The van der Waals surface area contributed by atoms with Gasteiger partial charge in [-0.15, -0.1) is 0 Å². The van der Waals surface area contributed by atoms with Gasteiger partial charge < -0.3 is 14.6 Å². The lowest BCUT2D eigenvalue weighted by molar-refractivity contribution is -0.157. The molecule has 1 aliphatic heterocycles. The van der Waals surface area contributed by atoms with Gasteiger partial charge in [-0.3, -0.25) is 9.59 Å². The Kier molecular flexibility index (Phi) is 4.85. The molecule has 5 nitrogen and oxygen atoms in total. The number of carbonyl (C=O) groups excluding carboxylic acids is 2. The summed E-state index contributed by atoms with van der Waals surface area (Å²) in [7, 11) is 0. The number of halogens is 1. The third-order valence-corrected chi connectivity index (χ3v) is 5.73. The van der Waals surface area contributed by atoms with Gasteiger partial charge in [0.05, 0.1) is 12.7 Å². The average Bonchev–Trinajstić information content (AvgIpc) is 3.08. The van der Waals surface area contributed by atoms with E-state index in [1.54, 1.807) is 23.3 Å². The summed E-state index contributed by atoms with van der Waals surface area (Å²) in [6.45, 7) is 2.80. The molecule has 6 heteroatoms. The standard InChI is InChI=1S/C22H21ClN2O3/c1-22(21(27)24-13-15-6-8-17(23)9-7-15)10-11-25(22)20(26)12-16-14-28-19-5-3-2-4-18(16)19/h2-9,14H,10-13H2,1H3,(H,24,27). The van der Waals surface area contributed by atoms with Gasteiger partial charge in [0.1, 0.15) is 11.1 Å². The number of furan rings is 1. The van der Waals surface area contributed by atoms with Gasteiger partial charge in [-0.1, -0.05) is 41.9 Å². The van der Waals surface area contributed by atoms with E-state index in [0.29, 0.717) is 24.5 Å². The van der Waals surface area contributed by atoms with Crippen molar-refractivity contribution in [3.8, 4) is 0 Å². The number of fused-ring (bicyclic) bond motifs is 1. The third-order valence-electron chi connectivity index (χ3n) is 5.48. The van der Waals surface area contributed by atoms with Crippen molar-refractivity contribution in [2.24, 2.45) is 0 Å². The fraction of sp³-hybridized carbons (Fsp3) is 0.273. The highest BCUT2D eigenvalue weighted by atomic mass is 35.5. The molecular formula is C22H21ClN2O3. The van der Waals surface area contributed by atoms with Crippen molar-refractivity contribution < 1.29 is 14.0 Å². The second kappa shape index (κ2) is 7.32. The van der Waals surface area contributed by atoms with Crippen LogP contribution in [0.4, 0.5) is 0 Å². The maximum Gasteiger partial charge on any atom is 0.246 e. The van der Waals surface area contributed by atoms with Gasteiger partial charge in [-0.2, -0.15) is 0 Å². The molecule has 2 amide bonds. The van der Waals surface area contributed by atoms with Gasteiger partial charge in [-0.05, 0) is 37.1 Å². The highest BCUT2D eigenvalue weighted by molar-refractivity contribution is 6.30. The van der Waals surface area contributed by atoms with Gasteiger partial charge >= 0.3 is 0 Å². The Labute approximate surface area is 168 Å². The van der Waals surface area contributed by atoms with Gasteiger partial charge in [0.2, 0.25) is 11.8 Å². The molecule has 1 unspecified atom stereocenters. The minimum Gasteiger partial charge on any atom is -0.464 e. The molecule has 0 aliphatic carbocycles. The largest absolute Gasteiger partial charge is 0.464 e. The Balaban J connectivity index is 1.41. The number of likely N-dealkylation sites (tertiary alicyclic amines) is 1. The van der Waals surface area contributed by atoms with E-state index in [0.717, 1.165) is 22.1 Å². The molecule has 3 aromatic rings. The first-order valence-corrected chi connectivity index (χ1v) is 9.63. The molecule has 4 rings (SSSR count). The number of hydrogen-bond donors (Lipinski definition) is 1. The Bertz CT molecular complexity index is 1030. The Morgan fingerprint density at radius 2 is 1.93 bits per heavy atom. The van der Waals surface area contributed by atoms with E-state index in [1.807, 2.05) is 43.3 Å². The van der Waals surface area contributed by atoms with Gasteiger partial charge in [-0.25, -0.2) is 0 Å². The molecule has 0 spiro atoms.